The lowest BCUT2D eigenvalue weighted by Crippen LogP contribution is -2.42. The monoisotopic (exact) mass is 548 g/mol. The van der Waals surface area contributed by atoms with Gasteiger partial charge in [0.25, 0.3) is 0 Å². The number of hydrogen-bond acceptors (Lipinski definition) is 4. The molecule has 0 unspecified atom stereocenters. The highest BCUT2D eigenvalue weighted by Crippen LogP contribution is 2.30. The van der Waals surface area contributed by atoms with Crippen molar-refractivity contribution in [2.45, 2.75) is 59.6 Å². The smallest absolute Gasteiger partial charge is 0.370 e. The summed E-state index contributed by atoms with van der Waals surface area (Å²) in [5.41, 5.74) is 5.30. The molecule has 0 radical (unpaired) electrons. The molecule has 214 valence electrons. The molecule has 2 aromatic carbocycles. The largest absolute Gasteiger partial charge is 0.416 e. The van der Waals surface area contributed by atoms with Crippen LogP contribution in [0.5, 0.6) is 0 Å². The number of hydrogen-bond donors (Lipinski definition) is 3. The van der Waals surface area contributed by atoms with Gasteiger partial charge < -0.3 is 16.0 Å². The van der Waals surface area contributed by atoms with Gasteiger partial charge in [0.05, 0.1) is 23.5 Å². The Morgan fingerprint density at radius 3 is 2.05 bits per heavy atom. The zero-order valence-electron chi connectivity index (χ0n) is 23.2. The second-order valence-corrected chi connectivity index (χ2v) is 9.63. The molecule has 7 nitrogen and oxygen atoms in total. The lowest BCUT2D eigenvalue weighted by molar-refractivity contribution is -0.137. The predicted molar refractivity (Wildman–Crippen MR) is 148 cm³/mol. The number of rotatable bonds is 11. The highest BCUT2D eigenvalue weighted by molar-refractivity contribution is 6.15. The second-order valence-electron chi connectivity index (χ2n) is 9.63. The first-order chi connectivity index (χ1) is 18.2. The van der Waals surface area contributed by atoms with E-state index in [1.54, 1.807) is 24.3 Å². The fourth-order valence-electron chi connectivity index (χ4n) is 3.61. The Morgan fingerprint density at radius 2 is 1.56 bits per heavy atom. The Hall–Kier alpha value is -3.69. The van der Waals surface area contributed by atoms with Crippen molar-refractivity contribution in [3.8, 4) is 0 Å². The third-order valence-corrected chi connectivity index (χ3v) is 5.90. The molecule has 0 spiro atoms. The Bertz CT molecular complexity index is 1110. The van der Waals surface area contributed by atoms with Crippen molar-refractivity contribution < 1.29 is 27.6 Å². The first-order valence-electron chi connectivity index (χ1n) is 12.9. The normalized spacial score (nSPS) is 11.7. The van der Waals surface area contributed by atoms with Crippen molar-refractivity contribution >= 4 is 29.1 Å². The van der Waals surface area contributed by atoms with Gasteiger partial charge >= 0.3 is 6.18 Å². The fourth-order valence-corrected chi connectivity index (χ4v) is 3.61. The SMILES string of the molecule is CC(C)C[C@H](CC(N)=O)C(=O)NCC(=O)N(C)c1ccccc1C(=N)c1ccc(C(F)(F)F)cc1.CCCC. The molecule has 0 fully saturated rings. The molecular weight excluding hydrogens is 509 g/mol. The Kier molecular flexibility index (Phi) is 13.4. The summed E-state index contributed by atoms with van der Waals surface area (Å²) in [6.45, 7) is 7.83. The molecule has 0 aliphatic carbocycles. The van der Waals surface area contributed by atoms with Gasteiger partial charge in [0.1, 0.15) is 0 Å². The maximum absolute atomic E-state index is 12.9. The third-order valence-electron chi connectivity index (χ3n) is 5.90. The second kappa shape index (κ2) is 15.7. The average Bonchev–Trinajstić information content (AvgIpc) is 2.89. The third kappa shape index (κ3) is 10.9. The van der Waals surface area contributed by atoms with Gasteiger partial charge in [-0.3, -0.25) is 19.8 Å². The lowest BCUT2D eigenvalue weighted by atomic mass is 9.93. The van der Waals surface area contributed by atoms with E-state index < -0.39 is 35.4 Å². The van der Waals surface area contributed by atoms with E-state index in [9.17, 15) is 27.6 Å². The van der Waals surface area contributed by atoms with Crippen LogP contribution in [0.2, 0.25) is 0 Å². The molecular formula is C29H39F3N4O3. The molecule has 4 N–H and O–H groups in total. The molecule has 2 aromatic rings. The number of nitrogens with two attached hydrogens (primary N) is 1. The number of amides is 3. The van der Waals surface area contributed by atoms with Crippen LogP contribution in [-0.4, -0.2) is 37.0 Å². The number of benzene rings is 2. The molecule has 0 bridgehead atoms. The molecule has 1 atom stereocenters. The fraction of sp³-hybridized carbons (Fsp3) is 0.448. The maximum Gasteiger partial charge on any atom is 0.416 e. The van der Waals surface area contributed by atoms with Crippen molar-refractivity contribution in [2.75, 3.05) is 18.5 Å². The number of alkyl halides is 3. The first-order valence-corrected chi connectivity index (χ1v) is 12.9. The molecule has 0 saturated heterocycles. The quantitative estimate of drug-likeness (QED) is 0.320. The summed E-state index contributed by atoms with van der Waals surface area (Å²) >= 11 is 0. The van der Waals surface area contributed by atoms with Gasteiger partial charge in [-0.05, 0) is 30.5 Å². The zero-order chi connectivity index (χ0) is 29.8. The van der Waals surface area contributed by atoms with Gasteiger partial charge in [0.15, 0.2) is 0 Å². The number of para-hydroxylation sites is 1. The minimum absolute atomic E-state index is 0.0588. The minimum atomic E-state index is -4.48. The predicted octanol–water partition coefficient (Wildman–Crippen LogP) is 5.54. The van der Waals surface area contributed by atoms with Crippen molar-refractivity contribution in [3.63, 3.8) is 0 Å². The summed E-state index contributed by atoms with van der Waals surface area (Å²) in [4.78, 5) is 37.9. The van der Waals surface area contributed by atoms with Crippen LogP contribution < -0.4 is 16.0 Å². The van der Waals surface area contributed by atoms with E-state index >= 15 is 0 Å². The number of nitrogens with zero attached hydrogens (tertiary/aromatic N) is 1. The zero-order valence-corrected chi connectivity index (χ0v) is 23.2. The number of unbranched alkanes of at least 4 members (excludes halogenated alkanes) is 1. The van der Waals surface area contributed by atoms with Gasteiger partial charge in [-0.2, -0.15) is 13.2 Å². The lowest BCUT2D eigenvalue weighted by Gasteiger charge is -2.22. The van der Waals surface area contributed by atoms with E-state index in [0.29, 0.717) is 17.7 Å². The van der Waals surface area contributed by atoms with Crippen LogP contribution >= 0.6 is 0 Å². The van der Waals surface area contributed by atoms with E-state index in [0.717, 1.165) is 12.1 Å². The van der Waals surface area contributed by atoms with Gasteiger partial charge in [-0.1, -0.05) is 70.9 Å². The first kappa shape index (κ1) is 33.3. The number of anilines is 1. The minimum Gasteiger partial charge on any atom is -0.370 e. The summed E-state index contributed by atoms with van der Waals surface area (Å²) in [7, 11) is 1.47. The van der Waals surface area contributed by atoms with E-state index in [1.807, 2.05) is 13.8 Å². The topological polar surface area (TPSA) is 116 Å². The van der Waals surface area contributed by atoms with Gasteiger partial charge in [-0.25, -0.2) is 0 Å². The van der Waals surface area contributed by atoms with Gasteiger partial charge in [-0.15, -0.1) is 0 Å². The summed E-state index contributed by atoms with van der Waals surface area (Å²) in [5.74, 6) is -2.04. The van der Waals surface area contributed by atoms with E-state index in [-0.39, 0.29) is 30.2 Å². The van der Waals surface area contributed by atoms with Crippen LogP contribution in [0.4, 0.5) is 18.9 Å². The van der Waals surface area contributed by atoms with Crippen LogP contribution in [0, 0.1) is 17.2 Å². The Balaban J connectivity index is 0.00000177. The van der Waals surface area contributed by atoms with Crippen molar-refractivity contribution in [2.24, 2.45) is 17.6 Å². The van der Waals surface area contributed by atoms with E-state index in [2.05, 4.69) is 19.2 Å². The van der Waals surface area contributed by atoms with E-state index in [4.69, 9.17) is 11.1 Å². The molecule has 39 heavy (non-hydrogen) atoms. The van der Waals surface area contributed by atoms with Crippen LogP contribution in [-0.2, 0) is 20.6 Å². The summed E-state index contributed by atoms with van der Waals surface area (Å²) in [6.07, 6.45) is -1.53. The molecule has 0 heterocycles. The van der Waals surface area contributed by atoms with Crippen LogP contribution in [0.3, 0.4) is 0 Å². The molecule has 10 heteroatoms. The highest BCUT2D eigenvalue weighted by Gasteiger charge is 2.30. The highest BCUT2D eigenvalue weighted by atomic mass is 19.4. The molecule has 0 saturated carbocycles. The molecule has 3 amide bonds. The number of carbonyl (C=O) groups is 3. The number of primary amides is 1. The number of halogens is 3. The van der Waals surface area contributed by atoms with Crippen molar-refractivity contribution in [1.82, 2.24) is 5.32 Å². The summed E-state index contributed by atoms with van der Waals surface area (Å²) in [5, 5.41) is 11.0. The molecule has 2 rings (SSSR count). The van der Waals surface area contributed by atoms with Gasteiger partial charge in [0.2, 0.25) is 17.7 Å². The van der Waals surface area contributed by atoms with Crippen LogP contribution in [0.1, 0.15) is 70.1 Å². The Labute approximate surface area is 228 Å². The molecule has 0 aliphatic heterocycles. The standard InChI is InChI=1S/C25H29F3N4O3.C4H10/c1-15(2)12-17(13-21(29)33)24(35)31-14-22(34)32(3)20-7-5-4-6-19(20)23(30)16-8-10-18(11-9-16)25(26,27)28;1-3-4-2/h4-11,15,17,30H,12-14H2,1-3H3,(H2,29,33)(H,31,35);3-4H2,1-2H3/t17-;/m1./s1. The van der Waals surface area contributed by atoms with E-state index in [1.165, 1.54) is 36.9 Å². The summed E-state index contributed by atoms with van der Waals surface area (Å²) in [6, 6.07) is 10.7. The molecule has 0 aromatic heterocycles. The number of carbonyl (C=O) groups excluding carboxylic acids is 3. The molecule has 0 aliphatic rings. The van der Waals surface area contributed by atoms with Crippen LogP contribution in [0.25, 0.3) is 0 Å². The number of nitrogens with one attached hydrogen (secondary N) is 2. The van der Waals surface area contributed by atoms with Crippen molar-refractivity contribution in [3.05, 3.63) is 65.2 Å². The van der Waals surface area contributed by atoms with Gasteiger partial charge in [0, 0.05) is 30.5 Å². The van der Waals surface area contributed by atoms with Crippen molar-refractivity contribution in [1.29, 1.82) is 5.41 Å². The maximum atomic E-state index is 12.9. The average molecular weight is 549 g/mol. The summed E-state index contributed by atoms with van der Waals surface area (Å²) < 4.78 is 38.6. The van der Waals surface area contributed by atoms with Crippen LogP contribution in [0.15, 0.2) is 48.5 Å². The Morgan fingerprint density at radius 1 is 1.00 bits per heavy atom. The number of likely N-dealkylation sites (N-methyl/N-ethyl adjacent to an activating group) is 1.